The van der Waals surface area contributed by atoms with Crippen LogP contribution in [-0.2, 0) is 10.0 Å². The maximum atomic E-state index is 12.1. The largest absolute Gasteiger partial charge is 0.212 e. The molecule has 2 aliphatic rings. The van der Waals surface area contributed by atoms with Crippen molar-refractivity contribution in [1.82, 2.24) is 4.72 Å². The van der Waals surface area contributed by atoms with Crippen LogP contribution in [-0.4, -0.2) is 26.1 Å². The Bertz CT molecular complexity index is 416. The molecule has 5 heteroatoms. The Kier molecular flexibility index (Phi) is 3.76. The summed E-state index contributed by atoms with van der Waals surface area (Å²) in [4.78, 5) is 0. The fourth-order valence-corrected chi connectivity index (χ4v) is 5.96. The minimum Gasteiger partial charge on any atom is -0.212 e. The molecule has 0 spiro atoms. The lowest BCUT2D eigenvalue weighted by Crippen LogP contribution is -2.52. The predicted octanol–water partition coefficient (Wildman–Crippen LogP) is 2.75. The van der Waals surface area contributed by atoms with Crippen LogP contribution in [0, 0.1) is 16.7 Å². The standard InChI is InChI=1S/C13H24ClNO2S/c1-12(2)10-5-6-13(3,9-10)11(12)15-18(16,17)8-4-7-14/h10-11,15H,4-9H2,1-3H3. The average molecular weight is 294 g/mol. The molecule has 0 amide bonds. The Hall–Kier alpha value is 0.200. The maximum absolute atomic E-state index is 12.1. The van der Waals surface area contributed by atoms with E-state index in [2.05, 4.69) is 25.5 Å². The second-order valence-electron chi connectivity index (χ2n) is 6.83. The van der Waals surface area contributed by atoms with Crippen molar-refractivity contribution in [2.75, 3.05) is 11.6 Å². The summed E-state index contributed by atoms with van der Waals surface area (Å²) in [5.74, 6) is 1.20. The molecule has 0 saturated heterocycles. The summed E-state index contributed by atoms with van der Waals surface area (Å²) in [6, 6.07) is 0.0732. The van der Waals surface area contributed by atoms with E-state index < -0.39 is 10.0 Å². The highest BCUT2D eigenvalue weighted by atomic mass is 35.5. The monoisotopic (exact) mass is 293 g/mol. The van der Waals surface area contributed by atoms with E-state index in [-0.39, 0.29) is 22.6 Å². The summed E-state index contributed by atoms with van der Waals surface area (Å²) in [7, 11) is -3.19. The average Bonchev–Trinajstić information content (AvgIpc) is 2.73. The number of fused-ring (bicyclic) bond motifs is 2. The number of hydrogen-bond donors (Lipinski definition) is 1. The van der Waals surface area contributed by atoms with Crippen LogP contribution in [0.5, 0.6) is 0 Å². The lowest BCUT2D eigenvalue weighted by Gasteiger charge is -2.42. The molecule has 0 aromatic heterocycles. The van der Waals surface area contributed by atoms with Crippen molar-refractivity contribution in [1.29, 1.82) is 0 Å². The summed E-state index contributed by atoms with van der Waals surface area (Å²) in [5.41, 5.74) is 0.212. The van der Waals surface area contributed by atoms with Crippen LogP contribution in [0.25, 0.3) is 0 Å². The van der Waals surface area contributed by atoms with Gasteiger partial charge in [-0.1, -0.05) is 20.8 Å². The van der Waals surface area contributed by atoms with E-state index in [0.29, 0.717) is 18.2 Å². The second kappa shape index (κ2) is 4.64. The molecular weight excluding hydrogens is 270 g/mol. The summed E-state index contributed by atoms with van der Waals surface area (Å²) < 4.78 is 27.1. The zero-order chi connectivity index (χ0) is 13.6. The molecule has 0 radical (unpaired) electrons. The van der Waals surface area contributed by atoms with Crippen LogP contribution in [0.15, 0.2) is 0 Å². The third kappa shape index (κ3) is 2.44. The van der Waals surface area contributed by atoms with E-state index in [1.54, 1.807) is 0 Å². The fraction of sp³-hybridized carbons (Fsp3) is 1.00. The first kappa shape index (κ1) is 14.6. The number of hydrogen-bond acceptors (Lipinski definition) is 2. The van der Waals surface area contributed by atoms with Gasteiger partial charge in [0.25, 0.3) is 0 Å². The lowest BCUT2D eigenvalue weighted by atomic mass is 9.69. The van der Waals surface area contributed by atoms with Crippen LogP contribution in [0.3, 0.4) is 0 Å². The number of alkyl halides is 1. The molecule has 3 nitrogen and oxygen atoms in total. The molecule has 2 saturated carbocycles. The molecule has 106 valence electrons. The highest BCUT2D eigenvalue weighted by Gasteiger charge is 2.60. The Labute approximate surface area is 116 Å². The van der Waals surface area contributed by atoms with Crippen molar-refractivity contribution < 1.29 is 8.42 Å². The highest BCUT2D eigenvalue weighted by Crippen LogP contribution is 2.62. The summed E-state index contributed by atoms with van der Waals surface area (Å²) in [6.07, 6.45) is 4.06. The summed E-state index contributed by atoms with van der Waals surface area (Å²) >= 11 is 5.58. The van der Waals surface area contributed by atoms with Gasteiger partial charge in [-0.3, -0.25) is 0 Å². The normalized spacial score (nSPS) is 38.2. The van der Waals surface area contributed by atoms with Crippen molar-refractivity contribution in [3.63, 3.8) is 0 Å². The molecular formula is C13H24ClNO2S. The molecule has 2 bridgehead atoms. The van der Waals surface area contributed by atoms with E-state index in [4.69, 9.17) is 11.6 Å². The Morgan fingerprint density at radius 1 is 1.33 bits per heavy atom. The van der Waals surface area contributed by atoms with E-state index in [0.717, 1.165) is 12.8 Å². The Morgan fingerprint density at radius 2 is 2.00 bits per heavy atom. The Balaban J connectivity index is 2.14. The molecule has 1 N–H and O–H groups in total. The van der Waals surface area contributed by atoms with Crippen LogP contribution in [0.1, 0.15) is 46.5 Å². The molecule has 0 aromatic carbocycles. The fourth-order valence-electron chi connectivity index (χ4n) is 4.08. The van der Waals surface area contributed by atoms with Crippen molar-refractivity contribution in [3.8, 4) is 0 Å². The smallest absolute Gasteiger partial charge is 0.211 e. The number of nitrogens with one attached hydrogen (secondary N) is 1. The van der Waals surface area contributed by atoms with Gasteiger partial charge < -0.3 is 0 Å². The number of sulfonamides is 1. The van der Waals surface area contributed by atoms with Crippen molar-refractivity contribution in [2.24, 2.45) is 16.7 Å². The molecule has 0 aromatic rings. The lowest BCUT2D eigenvalue weighted by molar-refractivity contribution is 0.127. The van der Waals surface area contributed by atoms with Crippen LogP contribution in [0.2, 0.25) is 0 Å². The number of halogens is 1. The van der Waals surface area contributed by atoms with Gasteiger partial charge in [0.2, 0.25) is 10.0 Å². The van der Waals surface area contributed by atoms with E-state index in [1.807, 2.05) is 0 Å². The van der Waals surface area contributed by atoms with Gasteiger partial charge in [0.15, 0.2) is 0 Å². The molecule has 2 aliphatic carbocycles. The Morgan fingerprint density at radius 3 is 2.50 bits per heavy atom. The van der Waals surface area contributed by atoms with Gasteiger partial charge in [0.1, 0.15) is 0 Å². The molecule has 0 aliphatic heterocycles. The molecule has 0 heterocycles. The first-order valence-electron chi connectivity index (χ1n) is 6.77. The minimum atomic E-state index is -3.19. The zero-order valence-electron chi connectivity index (χ0n) is 11.5. The first-order chi connectivity index (χ1) is 8.21. The van der Waals surface area contributed by atoms with Gasteiger partial charge in [-0.05, 0) is 42.4 Å². The van der Waals surface area contributed by atoms with E-state index in [1.165, 1.54) is 6.42 Å². The molecule has 3 unspecified atom stereocenters. The van der Waals surface area contributed by atoms with Gasteiger partial charge in [-0.25, -0.2) is 13.1 Å². The van der Waals surface area contributed by atoms with Gasteiger partial charge in [-0.2, -0.15) is 0 Å². The van der Waals surface area contributed by atoms with E-state index in [9.17, 15) is 8.42 Å². The van der Waals surface area contributed by atoms with Gasteiger partial charge in [0.05, 0.1) is 5.75 Å². The second-order valence-corrected chi connectivity index (χ2v) is 9.08. The van der Waals surface area contributed by atoms with E-state index >= 15 is 0 Å². The van der Waals surface area contributed by atoms with Crippen molar-refractivity contribution in [2.45, 2.75) is 52.5 Å². The molecule has 2 rings (SSSR count). The van der Waals surface area contributed by atoms with Crippen LogP contribution >= 0.6 is 11.6 Å². The van der Waals surface area contributed by atoms with Crippen LogP contribution in [0.4, 0.5) is 0 Å². The zero-order valence-corrected chi connectivity index (χ0v) is 13.1. The predicted molar refractivity (Wildman–Crippen MR) is 75.3 cm³/mol. The maximum Gasteiger partial charge on any atom is 0.211 e. The molecule has 18 heavy (non-hydrogen) atoms. The van der Waals surface area contributed by atoms with Crippen molar-refractivity contribution >= 4 is 21.6 Å². The molecule has 3 atom stereocenters. The van der Waals surface area contributed by atoms with Gasteiger partial charge in [0, 0.05) is 11.9 Å². The third-order valence-corrected chi connectivity index (χ3v) is 6.80. The van der Waals surface area contributed by atoms with Gasteiger partial charge >= 0.3 is 0 Å². The highest BCUT2D eigenvalue weighted by molar-refractivity contribution is 7.89. The third-order valence-electron chi connectivity index (χ3n) is 5.11. The quantitative estimate of drug-likeness (QED) is 0.792. The number of rotatable bonds is 5. The summed E-state index contributed by atoms with van der Waals surface area (Å²) in [5, 5.41) is 0. The topological polar surface area (TPSA) is 46.2 Å². The molecule has 2 fully saturated rings. The first-order valence-corrected chi connectivity index (χ1v) is 8.96. The van der Waals surface area contributed by atoms with Crippen LogP contribution < -0.4 is 4.72 Å². The minimum absolute atomic E-state index is 0.0705. The van der Waals surface area contributed by atoms with Gasteiger partial charge in [-0.15, -0.1) is 11.6 Å². The van der Waals surface area contributed by atoms with Crippen molar-refractivity contribution in [3.05, 3.63) is 0 Å². The SMILES string of the molecule is CC12CCC(C1)C(C)(C)C2NS(=O)(=O)CCCCl. The summed E-state index contributed by atoms with van der Waals surface area (Å²) in [6.45, 7) is 6.64.